The van der Waals surface area contributed by atoms with Crippen molar-refractivity contribution in [1.82, 2.24) is 15.2 Å². The van der Waals surface area contributed by atoms with Crippen LogP contribution >= 0.6 is 0 Å². The number of carbonyl (C=O) groups is 1. The number of amides is 1. The summed E-state index contributed by atoms with van der Waals surface area (Å²) in [7, 11) is 3.98. The zero-order valence-corrected chi connectivity index (χ0v) is 22.1. The topological polar surface area (TPSA) is 54.5 Å². The lowest BCUT2D eigenvalue weighted by Crippen LogP contribution is -2.40. The molecular formula is C33H33N3O2. The maximum absolute atomic E-state index is 13.9. The number of allylic oxidation sites excluding steroid dienone is 5. The van der Waals surface area contributed by atoms with Crippen molar-refractivity contribution >= 4 is 22.8 Å². The molecule has 1 aromatic carbocycles. The molecule has 4 aliphatic rings. The van der Waals surface area contributed by atoms with Gasteiger partial charge in [-0.2, -0.15) is 0 Å². The third-order valence-electron chi connectivity index (χ3n) is 7.77. The molecule has 6 rings (SSSR count). The fourth-order valence-electron chi connectivity index (χ4n) is 6.02. The van der Waals surface area contributed by atoms with Gasteiger partial charge in [-0.15, -0.1) is 0 Å². The van der Waals surface area contributed by atoms with Gasteiger partial charge in [0.05, 0.1) is 29.6 Å². The molecule has 0 radical (unpaired) electrons. The quantitative estimate of drug-likeness (QED) is 0.571. The van der Waals surface area contributed by atoms with Crippen LogP contribution in [0.4, 0.5) is 0 Å². The van der Waals surface area contributed by atoms with Crippen molar-refractivity contribution in [3.63, 3.8) is 0 Å². The summed E-state index contributed by atoms with van der Waals surface area (Å²) in [5.74, 6) is 0.918. The van der Waals surface area contributed by atoms with E-state index in [1.54, 1.807) is 0 Å². The molecular weight excluding hydrogens is 470 g/mol. The van der Waals surface area contributed by atoms with Gasteiger partial charge in [0.15, 0.2) is 0 Å². The van der Waals surface area contributed by atoms with Crippen LogP contribution < -0.4 is 5.32 Å². The number of benzene rings is 1. The molecule has 0 fully saturated rings. The van der Waals surface area contributed by atoms with Crippen molar-refractivity contribution in [2.24, 2.45) is 0 Å². The van der Waals surface area contributed by atoms with E-state index < -0.39 is 0 Å². The van der Waals surface area contributed by atoms with E-state index in [1.165, 1.54) is 11.1 Å². The number of fused-ring (bicyclic) bond motifs is 2. The molecule has 2 aromatic rings. The van der Waals surface area contributed by atoms with E-state index in [-0.39, 0.29) is 11.9 Å². The molecule has 0 bridgehead atoms. The number of rotatable bonds is 4. The Labute approximate surface area is 224 Å². The average Bonchev–Trinajstić information content (AvgIpc) is 3.09. The molecule has 1 aromatic heterocycles. The van der Waals surface area contributed by atoms with E-state index in [1.807, 2.05) is 43.4 Å². The van der Waals surface area contributed by atoms with Gasteiger partial charge in [0.25, 0.3) is 5.91 Å². The lowest BCUT2D eigenvalue weighted by molar-refractivity contribution is -0.117. The second-order valence-electron chi connectivity index (χ2n) is 10.4. The highest BCUT2D eigenvalue weighted by Crippen LogP contribution is 2.40. The largest absolute Gasteiger partial charge is 0.497 e. The van der Waals surface area contributed by atoms with Crippen molar-refractivity contribution in [1.29, 1.82) is 0 Å². The lowest BCUT2D eigenvalue weighted by Gasteiger charge is -2.30. The number of hydrogen-bond donors (Lipinski definition) is 1. The molecule has 192 valence electrons. The van der Waals surface area contributed by atoms with Gasteiger partial charge in [-0.25, -0.2) is 0 Å². The molecule has 2 heterocycles. The summed E-state index contributed by atoms with van der Waals surface area (Å²) >= 11 is 0. The van der Waals surface area contributed by atoms with Crippen LogP contribution in [0.5, 0.6) is 0 Å². The molecule has 0 saturated heterocycles. The highest BCUT2D eigenvalue weighted by molar-refractivity contribution is 6.07. The SMILES string of the molecule is C=C1C=CC(C(=O)N[C@H]2CCOC3=C2C=CCC3)=C(N(C)C)c2ccnc(C3=CCCc4ccccc43)c21. The van der Waals surface area contributed by atoms with Gasteiger partial charge in [-0.1, -0.05) is 55.1 Å². The normalized spacial score (nSPS) is 20.1. The van der Waals surface area contributed by atoms with Gasteiger partial charge in [0.2, 0.25) is 0 Å². The summed E-state index contributed by atoms with van der Waals surface area (Å²) in [6, 6.07) is 10.5. The maximum Gasteiger partial charge on any atom is 0.253 e. The first-order valence-electron chi connectivity index (χ1n) is 13.4. The van der Waals surface area contributed by atoms with Crippen molar-refractivity contribution in [3.05, 3.63) is 118 Å². The van der Waals surface area contributed by atoms with E-state index in [9.17, 15) is 4.79 Å². The molecule has 1 aliphatic heterocycles. The summed E-state index contributed by atoms with van der Waals surface area (Å²) in [6.07, 6.45) is 16.9. The zero-order valence-electron chi connectivity index (χ0n) is 22.1. The third kappa shape index (κ3) is 4.22. The lowest BCUT2D eigenvalue weighted by atomic mass is 9.85. The molecule has 38 heavy (non-hydrogen) atoms. The number of aromatic nitrogens is 1. The number of nitrogens with one attached hydrogen (secondary N) is 1. The first kappa shape index (κ1) is 24.2. The summed E-state index contributed by atoms with van der Waals surface area (Å²) < 4.78 is 5.89. The van der Waals surface area contributed by atoms with E-state index in [0.29, 0.717) is 12.2 Å². The van der Waals surface area contributed by atoms with Crippen LogP contribution in [0.15, 0.2) is 90.4 Å². The highest BCUT2D eigenvalue weighted by Gasteiger charge is 2.30. The molecule has 3 aliphatic carbocycles. The molecule has 1 atom stereocenters. The van der Waals surface area contributed by atoms with Gasteiger partial charge < -0.3 is 15.0 Å². The number of pyridine rings is 1. The summed E-state index contributed by atoms with van der Waals surface area (Å²) in [6.45, 7) is 5.04. The fourth-order valence-corrected chi connectivity index (χ4v) is 6.02. The Morgan fingerprint density at radius 3 is 2.82 bits per heavy atom. The average molecular weight is 504 g/mol. The number of carbonyl (C=O) groups excluding carboxylic acids is 1. The Balaban J connectivity index is 1.44. The van der Waals surface area contributed by atoms with Crippen molar-refractivity contribution in [2.75, 3.05) is 20.7 Å². The van der Waals surface area contributed by atoms with Crippen molar-refractivity contribution < 1.29 is 9.53 Å². The highest BCUT2D eigenvalue weighted by atomic mass is 16.5. The number of ether oxygens (including phenoxy) is 1. The predicted molar refractivity (Wildman–Crippen MR) is 153 cm³/mol. The molecule has 1 amide bonds. The van der Waals surface area contributed by atoms with Crippen LogP contribution in [0.2, 0.25) is 0 Å². The van der Waals surface area contributed by atoms with E-state index in [4.69, 9.17) is 9.72 Å². The molecule has 0 saturated carbocycles. The Morgan fingerprint density at radius 1 is 1.08 bits per heavy atom. The standard InChI is InChI=1S/C33H33N3O2/c1-21-15-16-27(33(37)35-28-18-20-38-29-14-7-6-12-25(28)29)32(36(2)3)26-17-19-34-31(30(21)26)24-13-8-10-22-9-4-5-11-23(22)24/h4-6,9,11-13,15-17,19,28H,1,7-8,10,14,18,20H2,2-3H3,(H,35,37)/t28-/m0/s1. The molecule has 0 unspecified atom stereocenters. The van der Waals surface area contributed by atoms with Crippen molar-refractivity contribution in [2.45, 2.75) is 38.1 Å². The fraction of sp³-hybridized carbons (Fsp3) is 0.273. The summed E-state index contributed by atoms with van der Waals surface area (Å²) in [4.78, 5) is 20.8. The van der Waals surface area contributed by atoms with Crippen LogP contribution in [0.1, 0.15) is 53.6 Å². The van der Waals surface area contributed by atoms with E-state index >= 15 is 0 Å². The van der Waals surface area contributed by atoms with Crippen LogP contribution in [-0.2, 0) is 16.0 Å². The summed E-state index contributed by atoms with van der Waals surface area (Å²) in [5.41, 5.74) is 9.98. The molecule has 1 N–H and O–H groups in total. The maximum atomic E-state index is 13.9. The van der Waals surface area contributed by atoms with Gasteiger partial charge in [-0.3, -0.25) is 9.78 Å². The number of aryl methyl sites for hydroxylation is 1. The van der Waals surface area contributed by atoms with E-state index in [0.717, 1.165) is 77.1 Å². The van der Waals surface area contributed by atoms with Crippen molar-refractivity contribution in [3.8, 4) is 0 Å². The third-order valence-corrected chi connectivity index (χ3v) is 7.77. The molecule has 5 heteroatoms. The smallest absolute Gasteiger partial charge is 0.253 e. The van der Waals surface area contributed by atoms with Gasteiger partial charge >= 0.3 is 0 Å². The summed E-state index contributed by atoms with van der Waals surface area (Å²) in [5, 5.41) is 3.32. The minimum Gasteiger partial charge on any atom is -0.497 e. The number of hydrogen-bond acceptors (Lipinski definition) is 4. The monoisotopic (exact) mass is 503 g/mol. The van der Waals surface area contributed by atoms with Crippen LogP contribution in [-0.4, -0.2) is 42.5 Å². The van der Waals surface area contributed by atoms with E-state index in [2.05, 4.69) is 54.4 Å². The van der Waals surface area contributed by atoms with Gasteiger partial charge in [0, 0.05) is 55.4 Å². The number of nitrogens with zero attached hydrogens (tertiary/aromatic N) is 2. The Hall–Kier alpha value is -4.12. The molecule has 0 spiro atoms. The Kier molecular flexibility index (Phi) is 6.36. The second-order valence-corrected chi connectivity index (χ2v) is 10.4. The first-order valence-corrected chi connectivity index (χ1v) is 13.4. The van der Waals surface area contributed by atoms with Crippen LogP contribution in [0.25, 0.3) is 16.8 Å². The second kappa shape index (κ2) is 9.97. The minimum absolute atomic E-state index is 0.0602. The van der Waals surface area contributed by atoms with Crippen LogP contribution in [0, 0.1) is 0 Å². The van der Waals surface area contributed by atoms with Gasteiger partial charge in [0.1, 0.15) is 5.76 Å². The Morgan fingerprint density at radius 2 is 1.95 bits per heavy atom. The first-order chi connectivity index (χ1) is 18.5. The molecule has 5 nitrogen and oxygen atoms in total. The Bertz CT molecular complexity index is 1490. The predicted octanol–water partition coefficient (Wildman–Crippen LogP) is 5.82. The zero-order chi connectivity index (χ0) is 26.2. The minimum atomic E-state index is -0.0936. The van der Waals surface area contributed by atoms with Crippen LogP contribution in [0.3, 0.4) is 0 Å². The van der Waals surface area contributed by atoms with Gasteiger partial charge in [-0.05, 0) is 48.1 Å².